The molecule has 0 bridgehead atoms. The molecule has 0 saturated carbocycles. The number of nitrogens with one attached hydrogen (secondary N) is 2. The van der Waals surface area contributed by atoms with Gasteiger partial charge in [0.05, 0.1) is 5.56 Å². The summed E-state index contributed by atoms with van der Waals surface area (Å²) in [6.45, 7) is -0.209. The number of primary sulfonamides is 1. The summed E-state index contributed by atoms with van der Waals surface area (Å²) in [5.41, 5.74) is 17.3. The summed E-state index contributed by atoms with van der Waals surface area (Å²) >= 11 is 0. The minimum absolute atomic E-state index is 0.105. The molecule has 0 fully saturated rings. The lowest BCUT2D eigenvalue weighted by Crippen LogP contribution is -2.45. The van der Waals surface area contributed by atoms with Gasteiger partial charge in [0.2, 0.25) is 25.9 Å². The third kappa shape index (κ3) is 4.68. The Bertz CT molecular complexity index is 1290. The first-order valence-electron chi connectivity index (χ1n) is 8.66. The van der Waals surface area contributed by atoms with Gasteiger partial charge >= 0.3 is 0 Å². The normalized spacial score (nSPS) is 12.4. The van der Waals surface area contributed by atoms with Crippen LogP contribution in [0.15, 0.2) is 40.3 Å². The molecular formula is C15H20N10O4S2. The molecule has 0 atom stereocenters. The fourth-order valence-corrected chi connectivity index (χ4v) is 5.74. The van der Waals surface area contributed by atoms with E-state index < -0.39 is 35.9 Å². The maximum Gasteiger partial charge on any atom is 0.242 e. The van der Waals surface area contributed by atoms with Gasteiger partial charge in [0.1, 0.15) is 15.6 Å². The Morgan fingerprint density at radius 3 is 2.35 bits per heavy atom. The van der Waals surface area contributed by atoms with E-state index in [9.17, 15) is 16.8 Å². The number of sulfonamides is 2. The van der Waals surface area contributed by atoms with E-state index in [1.165, 1.54) is 18.3 Å². The zero-order valence-corrected chi connectivity index (χ0v) is 17.6. The second kappa shape index (κ2) is 8.61. The number of aromatic nitrogens is 5. The van der Waals surface area contributed by atoms with Crippen molar-refractivity contribution >= 4 is 25.9 Å². The molecule has 31 heavy (non-hydrogen) atoms. The first-order chi connectivity index (χ1) is 14.6. The van der Waals surface area contributed by atoms with E-state index in [-0.39, 0.29) is 35.9 Å². The lowest BCUT2D eigenvalue weighted by molar-refractivity contribution is 0.548. The molecule has 2 heterocycles. The van der Waals surface area contributed by atoms with Gasteiger partial charge in [-0.1, -0.05) is 6.07 Å². The molecule has 2 aromatic heterocycles. The van der Waals surface area contributed by atoms with Crippen LogP contribution < -0.4 is 27.1 Å². The Morgan fingerprint density at radius 2 is 1.81 bits per heavy atom. The minimum atomic E-state index is -4.61. The van der Waals surface area contributed by atoms with E-state index in [1.54, 1.807) is 6.07 Å². The standard InChI is InChI=1S/C15H20N10O4S2/c16-6-9(7-17)23-31(28,29)11-2-1-10(8-3-4-20-12(18)5-8)13(14(11)30(19,26)27)15-21-24-25-22-15/h1-5,9,23H,6-7,16-17H2,(H2,18,20)(H2,19,26,27)(H,21,22,24,25). The van der Waals surface area contributed by atoms with Crippen LogP contribution in [-0.4, -0.2) is 61.6 Å². The molecule has 0 radical (unpaired) electrons. The monoisotopic (exact) mass is 468 g/mol. The Hall–Kier alpha value is -3.02. The van der Waals surface area contributed by atoms with E-state index in [0.29, 0.717) is 5.56 Å². The number of nitrogens with zero attached hydrogens (tertiary/aromatic N) is 4. The van der Waals surface area contributed by atoms with Crippen molar-refractivity contribution in [1.29, 1.82) is 0 Å². The van der Waals surface area contributed by atoms with Crippen LogP contribution in [0.1, 0.15) is 0 Å². The van der Waals surface area contributed by atoms with Gasteiger partial charge in [0.25, 0.3) is 0 Å². The summed E-state index contributed by atoms with van der Waals surface area (Å²) in [4.78, 5) is 2.55. The zero-order chi connectivity index (χ0) is 22.8. The van der Waals surface area contributed by atoms with E-state index in [4.69, 9.17) is 22.3 Å². The zero-order valence-electron chi connectivity index (χ0n) is 15.9. The number of hydrogen-bond donors (Lipinski definition) is 6. The second-order valence-corrected chi connectivity index (χ2v) is 9.54. The van der Waals surface area contributed by atoms with Crippen molar-refractivity contribution in [1.82, 2.24) is 30.3 Å². The largest absolute Gasteiger partial charge is 0.384 e. The molecule has 3 rings (SSSR count). The highest BCUT2D eigenvalue weighted by Gasteiger charge is 2.32. The SMILES string of the molecule is NCC(CN)NS(=O)(=O)c1ccc(-c2ccnc(N)c2)c(-c2nn[nH]n2)c1S(N)(=O)=O. The Labute approximate surface area is 177 Å². The number of pyridine rings is 1. The molecule has 10 N–H and O–H groups in total. The predicted octanol–water partition coefficient (Wildman–Crippen LogP) is -2.28. The van der Waals surface area contributed by atoms with Gasteiger partial charge in [-0.25, -0.2) is 31.7 Å². The molecule has 166 valence electrons. The molecule has 0 spiro atoms. The van der Waals surface area contributed by atoms with Crippen LogP contribution in [0.4, 0.5) is 5.82 Å². The summed E-state index contributed by atoms with van der Waals surface area (Å²) in [7, 11) is -9.02. The third-order valence-corrected chi connectivity index (χ3v) is 6.93. The first kappa shape index (κ1) is 22.7. The van der Waals surface area contributed by atoms with Crippen molar-refractivity contribution in [2.75, 3.05) is 18.8 Å². The molecule has 0 saturated heterocycles. The van der Waals surface area contributed by atoms with Crippen molar-refractivity contribution in [2.24, 2.45) is 16.6 Å². The molecule has 0 aliphatic heterocycles. The quantitative estimate of drug-likeness (QED) is 0.205. The number of hydrogen-bond acceptors (Lipinski definition) is 11. The number of aromatic amines is 1. The van der Waals surface area contributed by atoms with Crippen molar-refractivity contribution in [3.05, 3.63) is 30.5 Å². The highest BCUT2D eigenvalue weighted by Crippen LogP contribution is 2.38. The fourth-order valence-electron chi connectivity index (χ4n) is 2.88. The number of rotatable bonds is 8. The molecule has 3 aromatic rings. The summed E-state index contributed by atoms with van der Waals surface area (Å²) < 4.78 is 53.5. The second-order valence-electron chi connectivity index (χ2n) is 6.35. The molecule has 0 aliphatic carbocycles. The smallest absolute Gasteiger partial charge is 0.242 e. The molecule has 1 aromatic carbocycles. The van der Waals surface area contributed by atoms with Gasteiger partial charge in [-0.2, -0.15) is 5.21 Å². The Kier molecular flexibility index (Phi) is 6.30. The average molecular weight is 469 g/mol. The molecule has 14 nitrogen and oxygen atoms in total. The number of anilines is 1. The first-order valence-corrected chi connectivity index (χ1v) is 11.7. The topological polar surface area (TPSA) is 252 Å². The van der Waals surface area contributed by atoms with Gasteiger partial charge < -0.3 is 17.2 Å². The summed E-state index contributed by atoms with van der Waals surface area (Å²) in [5.74, 6) is -0.0403. The van der Waals surface area contributed by atoms with E-state index >= 15 is 0 Å². The molecule has 0 unspecified atom stereocenters. The third-order valence-electron chi connectivity index (χ3n) is 4.25. The van der Waals surface area contributed by atoms with E-state index in [2.05, 4.69) is 30.3 Å². The lowest BCUT2D eigenvalue weighted by Gasteiger charge is -2.19. The molecule has 16 heteroatoms. The van der Waals surface area contributed by atoms with Crippen LogP contribution in [-0.2, 0) is 20.0 Å². The van der Waals surface area contributed by atoms with Crippen LogP contribution in [0.2, 0.25) is 0 Å². The maximum absolute atomic E-state index is 13.0. The van der Waals surface area contributed by atoms with Gasteiger partial charge in [-0.15, -0.1) is 10.2 Å². The van der Waals surface area contributed by atoms with Crippen LogP contribution in [0.25, 0.3) is 22.5 Å². The van der Waals surface area contributed by atoms with Gasteiger partial charge in [-0.3, -0.25) is 0 Å². The van der Waals surface area contributed by atoms with Crippen molar-refractivity contribution in [3.8, 4) is 22.5 Å². The van der Waals surface area contributed by atoms with Gasteiger partial charge in [0.15, 0.2) is 0 Å². The summed E-state index contributed by atoms with van der Waals surface area (Å²) in [5, 5.41) is 18.7. The Morgan fingerprint density at radius 1 is 1.10 bits per heavy atom. The minimum Gasteiger partial charge on any atom is -0.384 e. The van der Waals surface area contributed by atoms with Crippen molar-refractivity contribution < 1.29 is 16.8 Å². The Balaban J connectivity index is 2.40. The van der Waals surface area contributed by atoms with Gasteiger partial charge in [0, 0.05) is 25.3 Å². The van der Waals surface area contributed by atoms with Gasteiger partial charge in [-0.05, 0) is 34.5 Å². The summed E-state index contributed by atoms with van der Waals surface area (Å²) in [6, 6.07) is 4.67. The molecule has 0 amide bonds. The van der Waals surface area contributed by atoms with Crippen LogP contribution in [0, 0.1) is 0 Å². The molecular weight excluding hydrogens is 448 g/mol. The fraction of sp³-hybridized carbons (Fsp3) is 0.200. The highest BCUT2D eigenvalue weighted by atomic mass is 32.2. The van der Waals surface area contributed by atoms with E-state index in [1.807, 2.05) is 0 Å². The summed E-state index contributed by atoms with van der Waals surface area (Å²) in [6.07, 6.45) is 1.40. The number of nitrogen functional groups attached to an aromatic ring is 1. The lowest BCUT2D eigenvalue weighted by atomic mass is 10.00. The number of nitrogens with two attached hydrogens (primary N) is 4. The van der Waals surface area contributed by atoms with E-state index in [0.717, 1.165) is 6.07 Å². The highest BCUT2D eigenvalue weighted by molar-refractivity contribution is 7.92. The van der Waals surface area contributed by atoms with Crippen LogP contribution in [0.3, 0.4) is 0 Å². The van der Waals surface area contributed by atoms with Crippen LogP contribution >= 0.6 is 0 Å². The average Bonchev–Trinajstić information content (AvgIpc) is 3.25. The van der Waals surface area contributed by atoms with Crippen LogP contribution in [0.5, 0.6) is 0 Å². The van der Waals surface area contributed by atoms with Crippen molar-refractivity contribution in [3.63, 3.8) is 0 Å². The molecule has 0 aliphatic rings. The number of tetrazole rings is 1. The maximum atomic E-state index is 13.0. The van der Waals surface area contributed by atoms with Crippen molar-refractivity contribution in [2.45, 2.75) is 15.8 Å². The number of benzene rings is 1. The predicted molar refractivity (Wildman–Crippen MR) is 111 cm³/mol. The number of H-pyrrole nitrogens is 1.